The van der Waals surface area contributed by atoms with Gasteiger partial charge in [0.15, 0.2) is 0 Å². The molecule has 1 heterocycles. The molecule has 1 fully saturated rings. The van der Waals surface area contributed by atoms with E-state index in [0.29, 0.717) is 12.1 Å². The van der Waals surface area contributed by atoms with Crippen molar-refractivity contribution >= 4 is 31.6 Å². The molecule has 1 aliphatic heterocycles. The second-order valence-electron chi connectivity index (χ2n) is 4.33. The molecule has 1 N–H and O–H groups in total. The topological polar surface area (TPSA) is 46.0 Å². The number of benzene rings is 1. The van der Waals surface area contributed by atoms with Gasteiger partial charge in [-0.3, -0.25) is 0 Å². The van der Waals surface area contributed by atoms with E-state index in [1.165, 1.54) is 0 Å². The zero-order chi connectivity index (χ0) is 11.7. The summed E-state index contributed by atoms with van der Waals surface area (Å²) in [7, 11) is 0. The Labute approximate surface area is 107 Å². The number of nitrogens with one attached hydrogen (secondary N) is 1. The normalized spacial score (nSPS) is 25.0. The number of rotatable bonds is 4. The molecule has 0 bridgehead atoms. The van der Waals surface area contributed by atoms with Crippen molar-refractivity contribution in [1.29, 1.82) is 0 Å². The van der Waals surface area contributed by atoms with Crippen molar-refractivity contribution in [3.8, 4) is 0 Å². The van der Waals surface area contributed by atoms with Crippen LogP contribution in [-0.4, -0.2) is 33.3 Å². The van der Waals surface area contributed by atoms with Crippen LogP contribution in [0.25, 0.3) is 0 Å². The van der Waals surface area contributed by atoms with E-state index in [-0.39, 0.29) is 14.6 Å². The molecule has 1 aromatic carbocycles. The Morgan fingerprint density at radius 2 is 2.29 bits per heavy atom. The molecule has 4 nitrogen and oxygen atoms in total. The van der Waals surface area contributed by atoms with Gasteiger partial charge < -0.3 is 0 Å². The first-order valence-corrected chi connectivity index (χ1v) is 7.49. The molecule has 0 aromatic heterocycles. The average Bonchev–Trinajstić information content (AvgIpc) is 2.75. The minimum absolute atomic E-state index is 0.0492. The standard InChI is InChI=1S/C12H15N3OSe/c1-2-16-9-6-8(7-9)13-10-4-3-5-11-12(10)15-17-14-11/h3-5,8-9,13H,2,6-7H2,1H3. The van der Waals surface area contributed by atoms with E-state index in [1.807, 2.05) is 19.1 Å². The van der Waals surface area contributed by atoms with Crippen LogP contribution in [0.5, 0.6) is 0 Å². The number of fused-ring (bicyclic) bond motifs is 1. The third kappa shape index (κ3) is 2.23. The molecule has 90 valence electrons. The summed E-state index contributed by atoms with van der Waals surface area (Å²) in [5.41, 5.74) is 3.22. The van der Waals surface area contributed by atoms with Crippen LogP contribution in [0.15, 0.2) is 26.1 Å². The van der Waals surface area contributed by atoms with Crippen molar-refractivity contribution in [1.82, 2.24) is 0 Å². The van der Waals surface area contributed by atoms with E-state index in [0.717, 1.165) is 36.5 Å². The predicted molar refractivity (Wildman–Crippen MR) is 68.4 cm³/mol. The Hall–Kier alpha value is -0.901. The average molecular weight is 296 g/mol. The first-order chi connectivity index (χ1) is 8.36. The summed E-state index contributed by atoms with van der Waals surface area (Å²) in [5.74, 6) is 0. The van der Waals surface area contributed by atoms with Crippen LogP contribution < -0.4 is 5.32 Å². The van der Waals surface area contributed by atoms with Gasteiger partial charge in [-0.05, 0) is 0 Å². The van der Waals surface area contributed by atoms with Crippen molar-refractivity contribution in [3.63, 3.8) is 0 Å². The third-order valence-corrected chi connectivity index (χ3v) is 4.28. The van der Waals surface area contributed by atoms with Gasteiger partial charge in [-0.1, -0.05) is 0 Å². The van der Waals surface area contributed by atoms with E-state index in [9.17, 15) is 0 Å². The molecule has 2 aliphatic rings. The number of ether oxygens (including phenoxy) is 1. The van der Waals surface area contributed by atoms with Crippen molar-refractivity contribution < 1.29 is 4.74 Å². The van der Waals surface area contributed by atoms with Gasteiger partial charge in [-0.2, -0.15) is 0 Å². The van der Waals surface area contributed by atoms with Crippen molar-refractivity contribution in [3.05, 3.63) is 18.2 Å². The van der Waals surface area contributed by atoms with E-state index >= 15 is 0 Å². The second kappa shape index (κ2) is 4.76. The fraction of sp³-hybridized carbons (Fsp3) is 0.500. The molecule has 1 aromatic rings. The van der Waals surface area contributed by atoms with Gasteiger partial charge in [0, 0.05) is 0 Å². The van der Waals surface area contributed by atoms with Crippen molar-refractivity contribution in [2.45, 2.75) is 31.9 Å². The summed E-state index contributed by atoms with van der Waals surface area (Å²) >= 11 is 0.0492. The summed E-state index contributed by atoms with van der Waals surface area (Å²) < 4.78 is 14.4. The van der Waals surface area contributed by atoms with E-state index in [4.69, 9.17) is 4.74 Å². The van der Waals surface area contributed by atoms with E-state index < -0.39 is 0 Å². The van der Waals surface area contributed by atoms with Gasteiger partial charge >= 0.3 is 106 Å². The molecular weight excluding hydrogens is 281 g/mol. The molecule has 5 heteroatoms. The molecular formula is C12H15N3OSe. The Bertz CT molecular complexity index is 491. The third-order valence-electron chi connectivity index (χ3n) is 3.14. The van der Waals surface area contributed by atoms with Crippen LogP contribution in [0.2, 0.25) is 0 Å². The fourth-order valence-electron chi connectivity index (χ4n) is 2.20. The molecule has 0 atom stereocenters. The molecule has 3 rings (SSSR count). The van der Waals surface area contributed by atoms with E-state index in [1.54, 1.807) is 0 Å². The quantitative estimate of drug-likeness (QED) is 0.882. The SMILES string of the molecule is CCOC1CC(Nc2cccc3c2N=[Se]=N3)C1. The first kappa shape index (κ1) is 11.2. The second-order valence-corrected chi connectivity index (χ2v) is 5.44. The molecule has 1 aliphatic carbocycles. The zero-order valence-electron chi connectivity index (χ0n) is 9.72. The molecule has 17 heavy (non-hydrogen) atoms. The fourth-order valence-corrected chi connectivity index (χ4v) is 3.35. The number of anilines is 1. The van der Waals surface area contributed by atoms with Crippen molar-refractivity contribution in [2.75, 3.05) is 11.9 Å². The maximum atomic E-state index is 5.56. The van der Waals surface area contributed by atoms with Gasteiger partial charge in [0.1, 0.15) is 0 Å². The Morgan fingerprint density at radius 1 is 1.41 bits per heavy atom. The summed E-state index contributed by atoms with van der Waals surface area (Å²) in [4.78, 5) is 0. The van der Waals surface area contributed by atoms with Crippen LogP contribution in [-0.2, 0) is 4.74 Å². The van der Waals surface area contributed by atoms with Crippen LogP contribution in [0.4, 0.5) is 17.1 Å². The molecule has 0 saturated heterocycles. The Balaban J connectivity index is 1.64. The molecule has 0 radical (unpaired) electrons. The maximum absolute atomic E-state index is 5.56. The van der Waals surface area contributed by atoms with Gasteiger partial charge in [0.25, 0.3) is 0 Å². The number of nitrogens with zero attached hydrogens (tertiary/aromatic N) is 2. The summed E-state index contributed by atoms with van der Waals surface area (Å²) in [6.45, 7) is 2.86. The Kier molecular flexibility index (Phi) is 3.14. The summed E-state index contributed by atoms with van der Waals surface area (Å²) in [6.07, 6.45) is 2.64. The van der Waals surface area contributed by atoms with Gasteiger partial charge in [0.05, 0.1) is 0 Å². The molecule has 0 unspecified atom stereocenters. The minimum atomic E-state index is 0.0492. The van der Waals surface area contributed by atoms with Gasteiger partial charge in [-0.25, -0.2) is 0 Å². The predicted octanol–water partition coefficient (Wildman–Crippen LogP) is 3.01. The van der Waals surface area contributed by atoms with Crippen LogP contribution in [0.3, 0.4) is 0 Å². The zero-order valence-corrected chi connectivity index (χ0v) is 11.4. The van der Waals surface area contributed by atoms with Crippen LogP contribution in [0, 0.1) is 0 Å². The number of hydrogen-bond donors (Lipinski definition) is 1. The first-order valence-electron chi connectivity index (χ1n) is 5.96. The van der Waals surface area contributed by atoms with Crippen molar-refractivity contribution in [2.24, 2.45) is 7.92 Å². The van der Waals surface area contributed by atoms with E-state index in [2.05, 4.69) is 19.3 Å². The molecule has 1 saturated carbocycles. The van der Waals surface area contributed by atoms with Gasteiger partial charge in [0.2, 0.25) is 0 Å². The van der Waals surface area contributed by atoms with Gasteiger partial charge in [-0.15, -0.1) is 0 Å². The summed E-state index contributed by atoms with van der Waals surface area (Å²) in [5, 5.41) is 3.54. The van der Waals surface area contributed by atoms with Crippen LogP contribution in [0.1, 0.15) is 19.8 Å². The monoisotopic (exact) mass is 297 g/mol. The molecule has 0 spiro atoms. The Morgan fingerprint density at radius 3 is 3.12 bits per heavy atom. The van der Waals surface area contributed by atoms with Crippen LogP contribution >= 0.6 is 0 Å². The number of hydrogen-bond acceptors (Lipinski definition) is 4. The molecule has 0 amide bonds. The summed E-state index contributed by atoms with van der Waals surface area (Å²) in [6, 6.07) is 6.69.